The Kier molecular flexibility index (Phi) is 5.99. The Morgan fingerprint density at radius 3 is 2.58 bits per heavy atom. The minimum absolute atomic E-state index is 0.0714. The van der Waals surface area contributed by atoms with Gasteiger partial charge in [0.25, 0.3) is 5.91 Å². The van der Waals surface area contributed by atoms with Crippen molar-refractivity contribution in [3.05, 3.63) is 29.3 Å². The molecule has 0 bridgehead atoms. The lowest BCUT2D eigenvalue weighted by atomic mass is 10.0. The third-order valence-corrected chi connectivity index (χ3v) is 4.82. The Bertz CT molecular complexity index is 613. The van der Waals surface area contributed by atoms with Gasteiger partial charge in [-0.3, -0.25) is 9.59 Å². The number of anilines is 1. The van der Waals surface area contributed by atoms with Crippen molar-refractivity contribution >= 4 is 17.5 Å². The molecule has 0 spiro atoms. The van der Waals surface area contributed by atoms with Crippen LogP contribution in [-0.2, 0) is 4.79 Å². The molecule has 1 heterocycles. The van der Waals surface area contributed by atoms with Gasteiger partial charge in [0.2, 0.25) is 5.91 Å². The summed E-state index contributed by atoms with van der Waals surface area (Å²) in [5.74, 6) is -0.0503. The fourth-order valence-corrected chi connectivity index (χ4v) is 3.02. The van der Waals surface area contributed by atoms with E-state index < -0.39 is 6.04 Å². The zero-order valence-electron chi connectivity index (χ0n) is 15.1. The van der Waals surface area contributed by atoms with E-state index in [1.807, 2.05) is 31.7 Å². The number of piperidine rings is 1. The summed E-state index contributed by atoms with van der Waals surface area (Å²) in [4.78, 5) is 26.8. The molecule has 0 saturated carbocycles. The zero-order chi connectivity index (χ0) is 17.9. The summed E-state index contributed by atoms with van der Waals surface area (Å²) >= 11 is 0. The number of carbonyl (C=O) groups excluding carboxylic acids is 2. The smallest absolute Gasteiger partial charge is 0.254 e. The first kappa shape index (κ1) is 18.5. The lowest BCUT2D eigenvalue weighted by Gasteiger charge is -2.33. The van der Waals surface area contributed by atoms with Crippen LogP contribution in [0.4, 0.5) is 5.69 Å². The molecule has 5 heteroatoms. The summed E-state index contributed by atoms with van der Waals surface area (Å²) in [5, 5.41) is 2.86. The van der Waals surface area contributed by atoms with Crippen molar-refractivity contribution in [3.8, 4) is 0 Å². The van der Waals surface area contributed by atoms with Gasteiger partial charge in [-0.15, -0.1) is 0 Å². The van der Waals surface area contributed by atoms with Gasteiger partial charge in [0.05, 0.1) is 6.04 Å². The molecule has 0 aromatic heterocycles. The van der Waals surface area contributed by atoms with Crippen LogP contribution in [-0.4, -0.2) is 35.3 Å². The van der Waals surface area contributed by atoms with Crippen molar-refractivity contribution in [3.63, 3.8) is 0 Å². The van der Waals surface area contributed by atoms with Crippen molar-refractivity contribution in [2.45, 2.75) is 59.0 Å². The van der Waals surface area contributed by atoms with Gasteiger partial charge in [-0.2, -0.15) is 0 Å². The van der Waals surface area contributed by atoms with Crippen LogP contribution in [0.15, 0.2) is 18.2 Å². The van der Waals surface area contributed by atoms with Crippen LogP contribution in [0, 0.1) is 12.8 Å². The molecule has 2 atom stereocenters. The predicted molar refractivity (Wildman–Crippen MR) is 97.0 cm³/mol. The monoisotopic (exact) mass is 331 g/mol. The second-order valence-electron chi connectivity index (χ2n) is 7.13. The molecular weight excluding hydrogens is 302 g/mol. The summed E-state index contributed by atoms with van der Waals surface area (Å²) in [5.41, 5.74) is 8.13. The lowest BCUT2D eigenvalue weighted by Crippen LogP contribution is -2.42. The number of nitrogens with one attached hydrogen (secondary N) is 1. The van der Waals surface area contributed by atoms with Crippen LogP contribution >= 0.6 is 0 Å². The number of nitrogens with zero attached hydrogens (tertiary/aromatic N) is 1. The summed E-state index contributed by atoms with van der Waals surface area (Å²) < 4.78 is 0. The molecule has 2 rings (SSSR count). The number of hydrogen-bond donors (Lipinski definition) is 2. The number of benzene rings is 1. The number of amides is 2. The third-order valence-electron chi connectivity index (χ3n) is 4.82. The SMILES string of the molecule is Cc1cc(C(=O)N2CCCCC2C)ccc1NC(=O)[C@@H](N)C(C)C. The van der Waals surface area contributed by atoms with Crippen molar-refractivity contribution in [2.24, 2.45) is 11.7 Å². The molecule has 1 aromatic carbocycles. The van der Waals surface area contributed by atoms with Crippen LogP contribution in [0.3, 0.4) is 0 Å². The Hall–Kier alpha value is -1.88. The number of carbonyl (C=O) groups is 2. The summed E-state index contributed by atoms with van der Waals surface area (Å²) in [6.45, 7) is 8.65. The molecule has 2 amide bonds. The number of aryl methyl sites for hydroxylation is 1. The Balaban J connectivity index is 2.11. The van der Waals surface area contributed by atoms with Crippen LogP contribution < -0.4 is 11.1 Å². The maximum atomic E-state index is 12.7. The summed E-state index contributed by atoms with van der Waals surface area (Å²) in [6, 6.07) is 5.17. The van der Waals surface area contributed by atoms with E-state index in [1.54, 1.807) is 12.1 Å². The van der Waals surface area contributed by atoms with Gasteiger partial charge in [-0.25, -0.2) is 0 Å². The molecule has 1 aliphatic heterocycles. The number of nitrogens with two attached hydrogens (primary N) is 1. The van der Waals surface area contributed by atoms with E-state index in [-0.39, 0.29) is 23.8 Å². The maximum absolute atomic E-state index is 12.7. The van der Waals surface area contributed by atoms with Crippen molar-refractivity contribution < 1.29 is 9.59 Å². The standard InChI is InChI=1S/C19H29N3O2/c1-12(2)17(20)18(23)21-16-9-8-15(11-13(16)3)19(24)22-10-6-5-7-14(22)4/h8-9,11-12,14,17H,5-7,10,20H2,1-4H3,(H,21,23)/t14?,17-/m0/s1. The van der Waals surface area contributed by atoms with Gasteiger partial charge >= 0.3 is 0 Å². The van der Waals surface area contributed by atoms with E-state index >= 15 is 0 Å². The molecule has 0 aliphatic carbocycles. The predicted octanol–water partition coefficient (Wildman–Crippen LogP) is 2.93. The molecular formula is C19H29N3O2. The fourth-order valence-electron chi connectivity index (χ4n) is 3.02. The molecule has 1 saturated heterocycles. The second-order valence-corrected chi connectivity index (χ2v) is 7.13. The molecule has 24 heavy (non-hydrogen) atoms. The molecule has 132 valence electrons. The minimum atomic E-state index is -0.542. The van der Waals surface area contributed by atoms with Gasteiger partial charge in [0.15, 0.2) is 0 Å². The Morgan fingerprint density at radius 1 is 1.29 bits per heavy atom. The highest BCUT2D eigenvalue weighted by atomic mass is 16.2. The van der Waals surface area contributed by atoms with Gasteiger partial charge in [-0.1, -0.05) is 13.8 Å². The van der Waals surface area contributed by atoms with Gasteiger partial charge in [0.1, 0.15) is 0 Å². The lowest BCUT2D eigenvalue weighted by molar-refractivity contribution is -0.118. The van der Waals surface area contributed by atoms with Crippen LogP contribution in [0.1, 0.15) is 56.0 Å². The molecule has 1 fully saturated rings. The largest absolute Gasteiger partial charge is 0.336 e. The van der Waals surface area contributed by atoms with E-state index in [1.165, 1.54) is 6.42 Å². The number of hydrogen-bond acceptors (Lipinski definition) is 3. The Labute approximate surface area is 144 Å². The molecule has 3 N–H and O–H groups in total. The van der Waals surface area contributed by atoms with E-state index in [0.717, 1.165) is 24.9 Å². The summed E-state index contributed by atoms with van der Waals surface area (Å²) in [6.07, 6.45) is 3.31. The summed E-state index contributed by atoms with van der Waals surface area (Å²) in [7, 11) is 0. The highest BCUT2D eigenvalue weighted by Gasteiger charge is 2.24. The van der Waals surface area contributed by atoms with Crippen molar-refractivity contribution in [1.82, 2.24) is 4.90 Å². The van der Waals surface area contributed by atoms with E-state index in [0.29, 0.717) is 11.3 Å². The van der Waals surface area contributed by atoms with Crippen molar-refractivity contribution in [1.29, 1.82) is 0 Å². The molecule has 0 radical (unpaired) electrons. The first-order chi connectivity index (χ1) is 11.3. The quantitative estimate of drug-likeness (QED) is 0.890. The van der Waals surface area contributed by atoms with Crippen LogP contribution in [0.25, 0.3) is 0 Å². The average molecular weight is 331 g/mol. The van der Waals surface area contributed by atoms with E-state index in [9.17, 15) is 9.59 Å². The second kappa shape index (κ2) is 7.79. The van der Waals surface area contributed by atoms with Crippen molar-refractivity contribution in [2.75, 3.05) is 11.9 Å². The first-order valence-electron chi connectivity index (χ1n) is 8.79. The number of likely N-dealkylation sites (tertiary alicyclic amines) is 1. The minimum Gasteiger partial charge on any atom is -0.336 e. The highest BCUT2D eigenvalue weighted by molar-refractivity contribution is 5.98. The van der Waals surface area contributed by atoms with E-state index in [4.69, 9.17) is 5.73 Å². The Morgan fingerprint density at radius 2 is 2.00 bits per heavy atom. The van der Waals surface area contributed by atoms with Crippen LogP contribution in [0.5, 0.6) is 0 Å². The highest BCUT2D eigenvalue weighted by Crippen LogP contribution is 2.22. The first-order valence-corrected chi connectivity index (χ1v) is 8.79. The van der Waals surface area contributed by atoms with E-state index in [2.05, 4.69) is 12.2 Å². The van der Waals surface area contributed by atoms with Crippen LogP contribution in [0.2, 0.25) is 0 Å². The number of rotatable bonds is 4. The zero-order valence-corrected chi connectivity index (χ0v) is 15.1. The van der Waals surface area contributed by atoms with Gasteiger partial charge < -0.3 is 16.0 Å². The van der Waals surface area contributed by atoms with Gasteiger partial charge in [0, 0.05) is 23.8 Å². The molecule has 1 aliphatic rings. The van der Waals surface area contributed by atoms with Gasteiger partial charge in [-0.05, 0) is 62.8 Å². The normalized spacial score (nSPS) is 19.2. The molecule has 1 unspecified atom stereocenters. The topological polar surface area (TPSA) is 75.4 Å². The molecule has 5 nitrogen and oxygen atoms in total. The maximum Gasteiger partial charge on any atom is 0.254 e. The third kappa shape index (κ3) is 4.15. The fraction of sp³-hybridized carbons (Fsp3) is 0.579. The average Bonchev–Trinajstić information content (AvgIpc) is 2.55. The molecule has 1 aromatic rings.